The molecule has 2 amide bonds. The number of carbonyl (C=O) groups excluding carboxylic acids is 2. The summed E-state index contributed by atoms with van der Waals surface area (Å²) >= 11 is 0. The third-order valence-electron chi connectivity index (χ3n) is 6.65. The van der Waals surface area contributed by atoms with Gasteiger partial charge in [0.1, 0.15) is 12.6 Å². The van der Waals surface area contributed by atoms with Gasteiger partial charge >= 0.3 is 12.1 Å². The first-order valence-corrected chi connectivity index (χ1v) is 11.6. The van der Waals surface area contributed by atoms with Crippen LogP contribution in [0.15, 0.2) is 48.5 Å². The number of carboxylic acid groups (broad SMARTS) is 1. The zero-order valence-electron chi connectivity index (χ0n) is 18.8. The van der Waals surface area contributed by atoms with Crippen LogP contribution in [-0.2, 0) is 14.3 Å². The number of likely N-dealkylation sites (tertiary alicyclic amines) is 1. The maximum Gasteiger partial charge on any atom is 0.407 e. The number of amides is 2. The first-order chi connectivity index (χ1) is 16.0. The van der Waals surface area contributed by atoms with Crippen molar-refractivity contribution in [3.8, 4) is 11.1 Å². The normalized spacial score (nSPS) is 17.8. The van der Waals surface area contributed by atoms with Crippen molar-refractivity contribution in [1.82, 2.24) is 10.2 Å². The second-order valence-electron chi connectivity index (χ2n) is 8.93. The molecule has 0 spiro atoms. The predicted octanol–water partition coefficient (Wildman–Crippen LogP) is 4.02. The van der Waals surface area contributed by atoms with Crippen LogP contribution in [-0.4, -0.2) is 53.7 Å². The summed E-state index contributed by atoms with van der Waals surface area (Å²) in [6.45, 7) is 3.11. The second-order valence-corrected chi connectivity index (χ2v) is 8.93. The lowest BCUT2D eigenvalue weighted by molar-refractivity contribution is -0.148. The summed E-state index contributed by atoms with van der Waals surface area (Å²) in [5.41, 5.74) is 4.70. The van der Waals surface area contributed by atoms with Crippen LogP contribution in [0.2, 0.25) is 0 Å². The van der Waals surface area contributed by atoms with E-state index in [-0.39, 0.29) is 30.8 Å². The fourth-order valence-corrected chi connectivity index (χ4v) is 4.84. The maximum absolute atomic E-state index is 12.4. The van der Waals surface area contributed by atoms with Crippen molar-refractivity contribution in [2.75, 3.05) is 19.7 Å². The minimum atomic E-state index is -0.939. The molecule has 1 saturated heterocycles. The molecule has 1 heterocycles. The second kappa shape index (κ2) is 10.1. The van der Waals surface area contributed by atoms with E-state index in [4.69, 9.17) is 4.74 Å². The molecule has 1 unspecified atom stereocenters. The number of aliphatic carboxylic acids is 1. The number of hydrogen-bond donors (Lipinski definition) is 2. The Morgan fingerprint density at radius 3 is 2.36 bits per heavy atom. The van der Waals surface area contributed by atoms with E-state index in [0.29, 0.717) is 25.9 Å². The lowest BCUT2D eigenvalue weighted by Gasteiger charge is -2.22. The lowest BCUT2D eigenvalue weighted by Crippen LogP contribution is -2.40. The zero-order chi connectivity index (χ0) is 23.4. The molecule has 7 nitrogen and oxygen atoms in total. The van der Waals surface area contributed by atoms with Crippen LogP contribution in [0.3, 0.4) is 0 Å². The number of nitrogens with zero attached hydrogens (tertiary/aromatic N) is 1. The number of fused-ring (bicyclic) bond motifs is 3. The summed E-state index contributed by atoms with van der Waals surface area (Å²) in [5.74, 6) is -0.986. The van der Waals surface area contributed by atoms with Gasteiger partial charge in [0.05, 0.1) is 0 Å². The SMILES string of the molecule is CC(CCC(=O)N1CCC[C@H]1C(=O)O)CNC(=O)OCC1c2ccccc2-c2ccccc21. The zero-order valence-corrected chi connectivity index (χ0v) is 18.8. The molecule has 2 N–H and O–H groups in total. The smallest absolute Gasteiger partial charge is 0.407 e. The fourth-order valence-electron chi connectivity index (χ4n) is 4.84. The van der Waals surface area contributed by atoms with Crippen LogP contribution in [0.25, 0.3) is 11.1 Å². The van der Waals surface area contributed by atoms with Gasteiger partial charge in [-0.05, 0) is 47.4 Å². The van der Waals surface area contributed by atoms with Crippen LogP contribution in [0, 0.1) is 5.92 Å². The standard InChI is InChI=1S/C26H30N2O5/c1-17(12-13-24(29)28-14-6-11-23(28)25(30)31)15-27-26(32)33-16-22-20-9-4-2-7-18(20)19-8-3-5-10-21(19)22/h2-5,7-10,17,22-23H,6,11-16H2,1H3,(H,27,32)(H,30,31)/t17?,23-/m0/s1. The topological polar surface area (TPSA) is 95.9 Å². The Kier molecular flexibility index (Phi) is 6.96. The average molecular weight is 451 g/mol. The van der Waals surface area contributed by atoms with Gasteiger partial charge in [-0.25, -0.2) is 9.59 Å². The number of carboxylic acids is 1. The van der Waals surface area contributed by atoms with Gasteiger partial charge in [0.25, 0.3) is 0 Å². The largest absolute Gasteiger partial charge is 0.480 e. The van der Waals surface area contributed by atoms with Gasteiger partial charge in [-0.2, -0.15) is 0 Å². The molecule has 4 rings (SSSR count). The van der Waals surface area contributed by atoms with Crippen LogP contribution >= 0.6 is 0 Å². The van der Waals surface area contributed by atoms with Crippen molar-refractivity contribution >= 4 is 18.0 Å². The Hall–Kier alpha value is -3.35. The van der Waals surface area contributed by atoms with E-state index < -0.39 is 18.1 Å². The first-order valence-electron chi connectivity index (χ1n) is 11.6. The van der Waals surface area contributed by atoms with Crippen LogP contribution in [0.1, 0.15) is 49.7 Å². The summed E-state index contributed by atoms with van der Waals surface area (Å²) in [5, 5.41) is 12.0. The van der Waals surface area contributed by atoms with E-state index in [1.165, 1.54) is 27.2 Å². The van der Waals surface area contributed by atoms with Crippen LogP contribution < -0.4 is 5.32 Å². The third-order valence-corrected chi connectivity index (χ3v) is 6.65. The predicted molar refractivity (Wildman–Crippen MR) is 124 cm³/mol. The Morgan fingerprint density at radius 2 is 1.73 bits per heavy atom. The highest BCUT2D eigenvalue weighted by Crippen LogP contribution is 2.44. The molecule has 0 aromatic heterocycles. The van der Waals surface area contributed by atoms with E-state index in [1.807, 2.05) is 31.2 Å². The molecule has 2 aromatic rings. The molecule has 0 bridgehead atoms. The van der Waals surface area contributed by atoms with E-state index in [0.717, 1.165) is 6.42 Å². The highest BCUT2D eigenvalue weighted by atomic mass is 16.5. The van der Waals surface area contributed by atoms with Gasteiger partial charge in [0.15, 0.2) is 0 Å². The Bertz CT molecular complexity index is 991. The number of benzene rings is 2. The van der Waals surface area contributed by atoms with Crippen molar-refractivity contribution in [2.24, 2.45) is 5.92 Å². The van der Waals surface area contributed by atoms with Crippen molar-refractivity contribution < 1.29 is 24.2 Å². The first kappa shape index (κ1) is 22.8. The van der Waals surface area contributed by atoms with Crippen molar-refractivity contribution in [2.45, 2.75) is 44.6 Å². The van der Waals surface area contributed by atoms with Crippen molar-refractivity contribution in [3.63, 3.8) is 0 Å². The highest BCUT2D eigenvalue weighted by molar-refractivity contribution is 5.84. The molecule has 1 aliphatic heterocycles. The summed E-state index contributed by atoms with van der Waals surface area (Å²) in [4.78, 5) is 37.5. The number of nitrogens with one attached hydrogen (secondary N) is 1. The van der Waals surface area contributed by atoms with Crippen LogP contribution in [0.4, 0.5) is 4.79 Å². The molecule has 0 radical (unpaired) electrons. The molecule has 33 heavy (non-hydrogen) atoms. The van der Waals surface area contributed by atoms with E-state index in [9.17, 15) is 19.5 Å². The van der Waals surface area contributed by atoms with Gasteiger partial charge in [0, 0.05) is 25.4 Å². The minimum absolute atomic E-state index is 0.0147. The van der Waals surface area contributed by atoms with Crippen molar-refractivity contribution in [1.29, 1.82) is 0 Å². The fraction of sp³-hybridized carbons (Fsp3) is 0.423. The Balaban J connectivity index is 1.22. The van der Waals surface area contributed by atoms with Gasteiger partial charge in [-0.3, -0.25) is 4.79 Å². The molecule has 1 aliphatic carbocycles. The van der Waals surface area contributed by atoms with Gasteiger partial charge in [-0.1, -0.05) is 55.5 Å². The van der Waals surface area contributed by atoms with Crippen molar-refractivity contribution in [3.05, 3.63) is 59.7 Å². The van der Waals surface area contributed by atoms with E-state index in [1.54, 1.807) is 0 Å². The number of rotatable bonds is 8. The lowest BCUT2D eigenvalue weighted by atomic mass is 9.98. The van der Waals surface area contributed by atoms with Gasteiger partial charge in [0.2, 0.25) is 5.91 Å². The Morgan fingerprint density at radius 1 is 1.09 bits per heavy atom. The molecule has 2 aliphatic rings. The van der Waals surface area contributed by atoms with Gasteiger partial charge in [-0.15, -0.1) is 0 Å². The number of hydrogen-bond acceptors (Lipinski definition) is 4. The number of alkyl carbamates (subject to hydrolysis) is 1. The third kappa shape index (κ3) is 5.02. The number of ether oxygens (including phenoxy) is 1. The maximum atomic E-state index is 12.4. The quantitative estimate of drug-likeness (QED) is 0.633. The molecular formula is C26H30N2O5. The molecule has 2 atom stereocenters. The summed E-state index contributed by atoms with van der Waals surface area (Å²) in [7, 11) is 0. The summed E-state index contributed by atoms with van der Waals surface area (Å²) < 4.78 is 5.55. The molecule has 7 heteroatoms. The number of carbonyl (C=O) groups is 3. The minimum Gasteiger partial charge on any atom is -0.480 e. The van der Waals surface area contributed by atoms with Crippen LogP contribution in [0.5, 0.6) is 0 Å². The summed E-state index contributed by atoms with van der Waals surface area (Å²) in [6.07, 6.45) is 1.62. The average Bonchev–Trinajstić information content (AvgIpc) is 3.43. The van der Waals surface area contributed by atoms with Gasteiger partial charge < -0.3 is 20.1 Å². The monoisotopic (exact) mass is 450 g/mol. The molecule has 1 fully saturated rings. The highest BCUT2D eigenvalue weighted by Gasteiger charge is 2.33. The molecule has 0 saturated carbocycles. The van der Waals surface area contributed by atoms with E-state index >= 15 is 0 Å². The molecule has 2 aromatic carbocycles. The molecular weight excluding hydrogens is 420 g/mol. The van der Waals surface area contributed by atoms with E-state index in [2.05, 4.69) is 29.6 Å². The summed E-state index contributed by atoms with van der Waals surface area (Å²) in [6, 6.07) is 15.7. The Labute approximate surface area is 193 Å². The molecule has 174 valence electrons.